The van der Waals surface area contributed by atoms with Crippen molar-refractivity contribution in [3.05, 3.63) is 182 Å². The maximum Gasteiger partial charge on any atom is 0.220 e. The van der Waals surface area contributed by atoms with Crippen molar-refractivity contribution in [1.82, 2.24) is 14.5 Å². The van der Waals surface area contributed by atoms with Gasteiger partial charge in [0.15, 0.2) is 0 Å². The lowest BCUT2D eigenvalue weighted by molar-refractivity contribution is 1.05. The predicted octanol–water partition coefficient (Wildman–Crippen LogP) is 12.0. The highest BCUT2D eigenvalue weighted by atomic mass is 15.3. The van der Waals surface area contributed by atoms with Crippen molar-refractivity contribution in [3.63, 3.8) is 0 Å². The maximum atomic E-state index is 5.34. The van der Waals surface area contributed by atoms with E-state index in [9.17, 15) is 0 Å². The Morgan fingerprint density at radius 1 is 0.420 bits per heavy atom. The molecule has 3 heterocycles. The van der Waals surface area contributed by atoms with Gasteiger partial charge in [-0.1, -0.05) is 133 Å². The van der Waals surface area contributed by atoms with Crippen molar-refractivity contribution in [1.29, 1.82) is 0 Å². The van der Waals surface area contributed by atoms with Crippen LogP contribution in [0, 0.1) is 0 Å². The van der Waals surface area contributed by atoms with Crippen LogP contribution in [0.5, 0.6) is 0 Å². The lowest BCUT2D eigenvalue weighted by Gasteiger charge is -2.26. The predicted molar refractivity (Wildman–Crippen MR) is 206 cm³/mol. The first-order chi connectivity index (χ1) is 24.8. The molecular formula is C46H30N4. The summed E-state index contributed by atoms with van der Waals surface area (Å²) in [4.78, 5) is 12.8. The molecule has 0 aliphatic carbocycles. The Balaban J connectivity index is 1.24. The van der Waals surface area contributed by atoms with Gasteiger partial charge in [-0.25, -0.2) is 9.97 Å². The lowest BCUT2D eigenvalue weighted by atomic mass is 9.94. The number of para-hydroxylation sites is 3. The van der Waals surface area contributed by atoms with Crippen molar-refractivity contribution < 1.29 is 0 Å². The van der Waals surface area contributed by atoms with Gasteiger partial charge in [0.2, 0.25) is 5.95 Å². The molecule has 0 N–H and O–H groups in total. The van der Waals surface area contributed by atoms with Gasteiger partial charge in [-0.2, -0.15) is 0 Å². The number of aromatic nitrogens is 3. The number of hydrogen-bond donors (Lipinski definition) is 0. The Morgan fingerprint density at radius 2 is 1.08 bits per heavy atom. The van der Waals surface area contributed by atoms with Crippen LogP contribution >= 0.6 is 0 Å². The van der Waals surface area contributed by atoms with Gasteiger partial charge >= 0.3 is 0 Å². The van der Waals surface area contributed by atoms with E-state index >= 15 is 0 Å². The molecule has 50 heavy (non-hydrogen) atoms. The molecule has 0 saturated carbocycles. The zero-order valence-electron chi connectivity index (χ0n) is 27.1. The summed E-state index contributed by atoms with van der Waals surface area (Å²) < 4.78 is 2.32. The van der Waals surface area contributed by atoms with E-state index in [4.69, 9.17) is 9.97 Å². The van der Waals surface area contributed by atoms with Gasteiger partial charge in [-0.05, 0) is 70.4 Å². The van der Waals surface area contributed by atoms with Crippen molar-refractivity contribution in [2.75, 3.05) is 4.90 Å². The number of hydrogen-bond acceptors (Lipinski definition) is 3. The summed E-state index contributed by atoms with van der Waals surface area (Å²) in [5.41, 5.74) is 13.9. The molecule has 0 saturated heterocycles. The second kappa shape index (κ2) is 11.4. The van der Waals surface area contributed by atoms with E-state index in [1.807, 2.05) is 12.1 Å². The maximum absolute atomic E-state index is 5.34. The molecule has 10 rings (SSSR count). The van der Waals surface area contributed by atoms with Crippen LogP contribution in [-0.4, -0.2) is 14.5 Å². The van der Waals surface area contributed by atoms with E-state index in [-0.39, 0.29) is 0 Å². The summed E-state index contributed by atoms with van der Waals surface area (Å²) in [6.07, 6.45) is 0. The van der Waals surface area contributed by atoms with E-state index < -0.39 is 0 Å². The van der Waals surface area contributed by atoms with E-state index in [0.717, 1.165) is 67.7 Å². The van der Waals surface area contributed by atoms with Gasteiger partial charge in [0.25, 0.3) is 0 Å². The fraction of sp³-hybridized carbons (Fsp3) is 0. The molecular weight excluding hydrogens is 609 g/mol. The van der Waals surface area contributed by atoms with Gasteiger partial charge in [0.1, 0.15) is 0 Å². The zero-order chi connectivity index (χ0) is 33.0. The summed E-state index contributed by atoms with van der Waals surface area (Å²) in [6, 6.07) is 64.4. The number of fused-ring (bicyclic) bond motifs is 9. The van der Waals surface area contributed by atoms with E-state index in [1.165, 1.54) is 21.9 Å². The zero-order valence-corrected chi connectivity index (χ0v) is 27.1. The summed E-state index contributed by atoms with van der Waals surface area (Å²) in [7, 11) is 0. The molecule has 1 aliphatic rings. The van der Waals surface area contributed by atoms with Crippen molar-refractivity contribution in [2.45, 2.75) is 0 Å². The normalized spacial score (nSPS) is 12.0. The molecule has 1 aliphatic heterocycles. The summed E-state index contributed by atoms with van der Waals surface area (Å²) >= 11 is 0. The van der Waals surface area contributed by atoms with E-state index in [1.54, 1.807) is 0 Å². The standard InChI is InChI=1S/C46H30N4/c1-3-15-32(16-4-1)40-29-35(30-41(47-40)33-17-5-2-6-18-33)34-19-13-20-36(28-34)49-44-27-26-31-14-7-8-21-37(31)45(44)38-22-9-11-24-42(38)50-43-25-12-10-23-39(43)48-46(49)50/h1-30H. The number of pyridine rings is 1. The van der Waals surface area contributed by atoms with Gasteiger partial charge in [0.05, 0.1) is 33.8 Å². The quantitative estimate of drug-likeness (QED) is 0.192. The lowest BCUT2D eigenvalue weighted by Crippen LogP contribution is -2.14. The molecule has 7 aromatic carbocycles. The second-order valence-corrected chi connectivity index (χ2v) is 12.7. The number of benzene rings is 7. The first-order valence-electron chi connectivity index (χ1n) is 16.9. The molecule has 234 valence electrons. The number of imidazole rings is 1. The number of nitrogens with zero attached hydrogens (tertiary/aromatic N) is 4. The molecule has 0 amide bonds. The SMILES string of the molecule is c1ccc(-c2cc(-c3cccc(N4c5ccc6ccccc6c5-c5ccccc5-n5c4nc4ccccc45)c3)cc(-c3ccccc3)n2)cc1. The minimum Gasteiger partial charge on any atom is -0.280 e. The van der Waals surface area contributed by atoms with Crippen LogP contribution in [0.25, 0.3) is 72.3 Å². The Kier molecular flexibility index (Phi) is 6.46. The fourth-order valence-corrected chi connectivity index (χ4v) is 7.41. The Labute approximate surface area is 290 Å². The molecule has 0 unspecified atom stereocenters. The van der Waals surface area contributed by atoms with E-state index in [0.29, 0.717) is 0 Å². The Hall–Kier alpha value is -6.78. The van der Waals surface area contributed by atoms with Gasteiger partial charge in [-0.3, -0.25) is 9.47 Å². The summed E-state index contributed by atoms with van der Waals surface area (Å²) in [5, 5.41) is 2.42. The second-order valence-electron chi connectivity index (χ2n) is 12.7. The van der Waals surface area contributed by atoms with Crippen molar-refractivity contribution in [2.24, 2.45) is 0 Å². The third-order valence-corrected chi connectivity index (χ3v) is 9.71. The van der Waals surface area contributed by atoms with Gasteiger partial charge in [0, 0.05) is 27.9 Å². The summed E-state index contributed by atoms with van der Waals surface area (Å²) in [5.74, 6) is 0.856. The van der Waals surface area contributed by atoms with Crippen molar-refractivity contribution >= 4 is 39.1 Å². The monoisotopic (exact) mass is 638 g/mol. The van der Waals surface area contributed by atoms with Crippen LogP contribution in [0.1, 0.15) is 0 Å². The highest BCUT2D eigenvalue weighted by Gasteiger charge is 2.30. The van der Waals surface area contributed by atoms with Crippen LogP contribution in [0.3, 0.4) is 0 Å². The third kappa shape index (κ3) is 4.54. The highest BCUT2D eigenvalue weighted by Crippen LogP contribution is 2.50. The van der Waals surface area contributed by atoms with Crippen LogP contribution < -0.4 is 4.90 Å². The average molecular weight is 639 g/mol. The minimum absolute atomic E-state index is 0.856. The Bertz CT molecular complexity index is 2650. The molecule has 0 atom stereocenters. The largest absolute Gasteiger partial charge is 0.280 e. The highest BCUT2D eigenvalue weighted by molar-refractivity contribution is 6.08. The first kappa shape index (κ1) is 28.3. The first-order valence-corrected chi connectivity index (χ1v) is 16.9. The van der Waals surface area contributed by atoms with E-state index in [2.05, 4.69) is 179 Å². The van der Waals surface area contributed by atoms with Crippen LogP contribution in [0.4, 0.5) is 17.3 Å². The smallest absolute Gasteiger partial charge is 0.220 e. The van der Waals surface area contributed by atoms with Crippen molar-refractivity contribution in [3.8, 4) is 50.5 Å². The molecule has 0 bridgehead atoms. The molecule has 4 nitrogen and oxygen atoms in total. The molecule has 4 heteroatoms. The number of rotatable bonds is 4. The molecule has 9 aromatic rings. The topological polar surface area (TPSA) is 34.0 Å². The minimum atomic E-state index is 0.856. The number of anilines is 3. The summed E-state index contributed by atoms with van der Waals surface area (Å²) in [6.45, 7) is 0. The Morgan fingerprint density at radius 3 is 1.88 bits per heavy atom. The van der Waals surface area contributed by atoms with Crippen LogP contribution in [0.15, 0.2) is 182 Å². The van der Waals surface area contributed by atoms with Gasteiger partial charge in [-0.15, -0.1) is 0 Å². The average Bonchev–Trinajstić information content (AvgIpc) is 3.51. The van der Waals surface area contributed by atoms with Gasteiger partial charge < -0.3 is 0 Å². The molecule has 2 aromatic heterocycles. The third-order valence-electron chi connectivity index (χ3n) is 9.71. The molecule has 0 spiro atoms. The molecule has 0 radical (unpaired) electrons. The molecule has 0 fully saturated rings. The van der Waals surface area contributed by atoms with Crippen LogP contribution in [-0.2, 0) is 0 Å². The van der Waals surface area contributed by atoms with Crippen LogP contribution in [0.2, 0.25) is 0 Å². The fourth-order valence-electron chi connectivity index (χ4n) is 7.41.